The third-order valence-corrected chi connectivity index (χ3v) is 2.66. The van der Waals surface area contributed by atoms with Crippen molar-refractivity contribution in [2.24, 2.45) is 5.11 Å². The first-order valence-electron chi connectivity index (χ1n) is 5.75. The van der Waals surface area contributed by atoms with Crippen LogP contribution < -0.4 is 5.32 Å². The lowest BCUT2D eigenvalue weighted by atomic mass is 10.0. The van der Waals surface area contributed by atoms with Crippen LogP contribution in [0.2, 0.25) is 0 Å². The molecule has 0 radical (unpaired) electrons. The van der Waals surface area contributed by atoms with Crippen LogP contribution in [0.25, 0.3) is 10.4 Å². The average Bonchev–Trinajstić information content (AvgIpc) is 2.44. The van der Waals surface area contributed by atoms with E-state index in [1.165, 1.54) is 0 Å². The molecule has 0 aliphatic heterocycles. The maximum atomic E-state index is 11.2. The number of benzene rings is 1. The van der Waals surface area contributed by atoms with Crippen LogP contribution in [0, 0.1) is 0 Å². The molecule has 0 bridgehead atoms. The molecule has 0 heterocycles. The van der Waals surface area contributed by atoms with Crippen molar-refractivity contribution >= 4 is 5.91 Å². The summed E-state index contributed by atoms with van der Waals surface area (Å²) in [6, 6.07) is 6.66. The average molecular weight is 264 g/mol. The lowest BCUT2D eigenvalue weighted by Crippen LogP contribution is -2.21. The molecule has 102 valence electrons. The smallest absolute Gasteiger partial charge is 0.224 e. The van der Waals surface area contributed by atoms with Crippen LogP contribution >= 0.6 is 0 Å². The minimum atomic E-state index is -1.15. The van der Waals surface area contributed by atoms with E-state index in [1.54, 1.807) is 31.3 Å². The molecule has 2 atom stereocenters. The fraction of sp³-hybridized carbons (Fsp3) is 0.417. The Morgan fingerprint density at radius 1 is 1.42 bits per heavy atom. The molecule has 0 fully saturated rings. The molecule has 1 amide bonds. The SMILES string of the molecule is CNC(=O)Cc1ccc(C(O)C(O)CN=[N+]=[N-])cc1. The number of hydrogen-bond donors (Lipinski definition) is 3. The second-order valence-corrected chi connectivity index (χ2v) is 4.02. The van der Waals surface area contributed by atoms with Crippen molar-refractivity contribution in [2.75, 3.05) is 13.6 Å². The Bertz CT molecular complexity index is 468. The van der Waals surface area contributed by atoms with Gasteiger partial charge in [0.15, 0.2) is 0 Å². The van der Waals surface area contributed by atoms with E-state index in [-0.39, 0.29) is 18.9 Å². The minimum absolute atomic E-state index is 0.100. The number of carbonyl (C=O) groups is 1. The van der Waals surface area contributed by atoms with Crippen molar-refractivity contribution in [2.45, 2.75) is 18.6 Å². The molecule has 0 spiro atoms. The Kier molecular flexibility index (Phi) is 5.81. The van der Waals surface area contributed by atoms with Gasteiger partial charge in [0.25, 0.3) is 0 Å². The number of nitrogens with one attached hydrogen (secondary N) is 1. The van der Waals surface area contributed by atoms with Crippen LogP contribution in [0.5, 0.6) is 0 Å². The molecule has 0 saturated carbocycles. The van der Waals surface area contributed by atoms with Crippen LogP contribution in [0.4, 0.5) is 0 Å². The van der Waals surface area contributed by atoms with Crippen molar-refractivity contribution < 1.29 is 15.0 Å². The molecule has 1 aromatic rings. The van der Waals surface area contributed by atoms with Gasteiger partial charge < -0.3 is 15.5 Å². The van der Waals surface area contributed by atoms with E-state index < -0.39 is 12.2 Å². The van der Waals surface area contributed by atoms with E-state index in [9.17, 15) is 15.0 Å². The third kappa shape index (κ3) is 4.59. The van der Waals surface area contributed by atoms with Gasteiger partial charge in [0.1, 0.15) is 6.10 Å². The summed E-state index contributed by atoms with van der Waals surface area (Å²) in [4.78, 5) is 13.7. The summed E-state index contributed by atoms with van der Waals surface area (Å²) in [6.45, 7) is -0.197. The van der Waals surface area contributed by atoms with Crippen molar-refractivity contribution in [1.82, 2.24) is 5.32 Å². The zero-order valence-electron chi connectivity index (χ0n) is 10.5. The molecule has 0 aliphatic carbocycles. The quantitative estimate of drug-likeness (QED) is 0.398. The molecular formula is C12H16N4O3. The molecule has 0 aliphatic rings. The first-order chi connectivity index (χ1) is 9.08. The Hall–Kier alpha value is -2.08. The Morgan fingerprint density at radius 2 is 2.05 bits per heavy atom. The summed E-state index contributed by atoms with van der Waals surface area (Å²) in [5, 5.41) is 25.1. The summed E-state index contributed by atoms with van der Waals surface area (Å²) < 4.78 is 0. The standard InChI is InChI=1S/C12H16N4O3/c1-14-11(18)6-8-2-4-9(5-3-8)12(19)10(17)7-15-16-13/h2-5,10,12,17,19H,6-7H2,1H3,(H,14,18). The first kappa shape index (κ1) is 15.0. The van der Waals surface area contributed by atoms with Crippen molar-refractivity contribution in [3.63, 3.8) is 0 Å². The van der Waals surface area contributed by atoms with Crippen LogP contribution in [-0.4, -0.2) is 35.8 Å². The van der Waals surface area contributed by atoms with Gasteiger partial charge in [0, 0.05) is 12.0 Å². The van der Waals surface area contributed by atoms with Gasteiger partial charge in [-0.1, -0.05) is 29.4 Å². The van der Waals surface area contributed by atoms with Gasteiger partial charge in [-0.2, -0.15) is 0 Å². The van der Waals surface area contributed by atoms with Crippen LogP contribution in [0.3, 0.4) is 0 Å². The Balaban J connectivity index is 2.69. The number of rotatable bonds is 6. The summed E-state index contributed by atoms with van der Waals surface area (Å²) in [7, 11) is 1.56. The lowest BCUT2D eigenvalue weighted by molar-refractivity contribution is -0.119. The van der Waals surface area contributed by atoms with E-state index in [1.807, 2.05) is 0 Å². The number of likely N-dealkylation sites (N-methyl/N-ethyl adjacent to an activating group) is 1. The second kappa shape index (κ2) is 7.38. The molecule has 1 rings (SSSR count). The van der Waals surface area contributed by atoms with Crippen LogP contribution in [0.1, 0.15) is 17.2 Å². The molecule has 2 unspecified atom stereocenters. The minimum Gasteiger partial charge on any atom is -0.390 e. The summed E-state index contributed by atoms with van der Waals surface area (Å²) >= 11 is 0. The van der Waals surface area contributed by atoms with Crippen LogP contribution in [-0.2, 0) is 11.2 Å². The van der Waals surface area contributed by atoms with Gasteiger partial charge in [-0.25, -0.2) is 0 Å². The molecule has 0 aromatic heterocycles. The zero-order chi connectivity index (χ0) is 14.3. The molecule has 19 heavy (non-hydrogen) atoms. The normalized spacial score (nSPS) is 13.2. The van der Waals surface area contributed by atoms with E-state index in [0.29, 0.717) is 5.56 Å². The highest BCUT2D eigenvalue weighted by molar-refractivity contribution is 5.78. The van der Waals surface area contributed by atoms with Crippen molar-refractivity contribution in [1.29, 1.82) is 0 Å². The number of nitrogens with zero attached hydrogens (tertiary/aromatic N) is 3. The van der Waals surface area contributed by atoms with Gasteiger partial charge in [0.2, 0.25) is 5.91 Å². The van der Waals surface area contributed by atoms with Gasteiger partial charge in [0.05, 0.1) is 19.1 Å². The first-order valence-corrected chi connectivity index (χ1v) is 5.75. The topological polar surface area (TPSA) is 118 Å². The number of hydrogen-bond acceptors (Lipinski definition) is 4. The molecule has 7 heteroatoms. The highest BCUT2D eigenvalue weighted by Crippen LogP contribution is 2.18. The second-order valence-electron chi connectivity index (χ2n) is 4.02. The van der Waals surface area contributed by atoms with E-state index in [2.05, 4.69) is 15.3 Å². The predicted octanol–water partition coefficient (Wildman–Crippen LogP) is 0.680. The Morgan fingerprint density at radius 3 is 2.58 bits per heavy atom. The largest absolute Gasteiger partial charge is 0.390 e. The summed E-state index contributed by atoms with van der Waals surface area (Å²) in [5.41, 5.74) is 9.45. The number of carbonyl (C=O) groups excluding carboxylic acids is 1. The van der Waals surface area contributed by atoms with Crippen LogP contribution in [0.15, 0.2) is 29.4 Å². The van der Waals surface area contributed by atoms with Gasteiger partial charge in [-0.05, 0) is 16.7 Å². The molecule has 0 saturated heterocycles. The van der Waals surface area contributed by atoms with Crippen molar-refractivity contribution in [3.8, 4) is 0 Å². The maximum absolute atomic E-state index is 11.2. The van der Waals surface area contributed by atoms with E-state index >= 15 is 0 Å². The molecule has 1 aromatic carbocycles. The van der Waals surface area contributed by atoms with Gasteiger partial charge in [-0.3, -0.25) is 4.79 Å². The fourth-order valence-corrected chi connectivity index (χ4v) is 1.55. The number of aliphatic hydroxyl groups excluding tert-OH is 2. The van der Waals surface area contributed by atoms with E-state index in [4.69, 9.17) is 5.53 Å². The molecule has 3 N–H and O–H groups in total. The molecule has 7 nitrogen and oxygen atoms in total. The highest BCUT2D eigenvalue weighted by atomic mass is 16.3. The Labute approximate surface area is 110 Å². The van der Waals surface area contributed by atoms with E-state index in [0.717, 1.165) is 5.56 Å². The van der Waals surface area contributed by atoms with Crippen molar-refractivity contribution in [3.05, 3.63) is 45.8 Å². The molecular weight excluding hydrogens is 248 g/mol. The lowest BCUT2D eigenvalue weighted by Gasteiger charge is -2.16. The monoisotopic (exact) mass is 264 g/mol. The number of aliphatic hydroxyl groups is 2. The third-order valence-electron chi connectivity index (χ3n) is 2.66. The summed E-state index contributed by atoms with van der Waals surface area (Å²) in [5.74, 6) is -0.100. The zero-order valence-corrected chi connectivity index (χ0v) is 10.5. The van der Waals surface area contributed by atoms with Gasteiger partial charge >= 0.3 is 0 Å². The highest BCUT2D eigenvalue weighted by Gasteiger charge is 2.17. The van der Waals surface area contributed by atoms with Gasteiger partial charge in [-0.15, -0.1) is 0 Å². The maximum Gasteiger partial charge on any atom is 0.224 e. The number of amides is 1. The number of azide groups is 1. The summed E-state index contributed by atoms with van der Waals surface area (Å²) in [6.07, 6.45) is -2.02. The predicted molar refractivity (Wildman–Crippen MR) is 69.2 cm³/mol. The fourth-order valence-electron chi connectivity index (χ4n) is 1.55.